The Hall–Kier alpha value is -1.85. The molecule has 1 unspecified atom stereocenters. The number of ketones is 1. The molecule has 2 amide bonds. The van der Waals surface area contributed by atoms with Crippen LogP contribution >= 0.6 is 0 Å². The fraction of sp³-hybridized carbons (Fsp3) is 0.545. The van der Waals surface area contributed by atoms with Crippen LogP contribution in [0.25, 0.3) is 0 Å². The van der Waals surface area contributed by atoms with Crippen LogP contribution in [0.15, 0.2) is 11.5 Å². The minimum absolute atomic E-state index is 0.0106. The van der Waals surface area contributed by atoms with Gasteiger partial charge < -0.3 is 15.3 Å². The van der Waals surface area contributed by atoms with Crippen molar-refractivity contribution in [1.82, 2.24) is 10.2 Å². The first-order valence-corrected chi connectivity index (χ1v) is 5.27. The van der Waals surface area contributed by atoms with Crippen LogP contribution in [0.1, 0.15) is 19.8 Å². The van der Waals surface area contributed by atoms with Crippen LogP contribution in [0.2, 0.25) is 0 Å². The van der Waals surface area contributed by atoms with Crippen molar-refractivity contribution in [3.05, 3.63) is 11.5 Å². The molecule has 1 rings (SSSR count). The molecule has 1 aliphatic carbocycles. The second-order valence-corrected chi connectivity index (χ2v) is 4.26. The van der Waals surface area contributed by atoms with E-state index in [1.54, 1.807) is 14.1 Å². The Morgan fingerprint density at radius 2 is 1.94 bits per heavy atom. The summed E-state index contributed by atoms with van der Waals surface area (Å²) < 4.78 is 0. The minimum atomic E-state index is -0.546. The fourth-order valence-corrected chi connectivity index (χ4v) is 1.75. The molecule has 17 heavy (non-hydrogen) atoms. The average Bonchev–Trinajstić information content (AvgIpc) is 2.21. The number of amides is 2. The van der Waals surface area contributed by atoms with E-state index in [-0.39, 0.29) is 30.2 Å². The van der Waals surface area contributed by atoms with Crippen LogP contribution in [-0.4, -0.2) is 41.7 Å². The van der Waals surface area contributed by atoms with Crippen LogP contribution in [0, 0.1) is 5.92 Å². The Morgan fingerprint density at radius 3 is 2.35 bits per heavy atom. The van der Waals surface area contributed by atoms with Crippen molar-refractivity contribution in [3.63, 3.8) is 0 Å². The zero-order valence-electron chi connectivity index (χ0n) is 10.1. The lowest BCUT2D eigenvalue weighted by atomic mass is 9.89. The van der Waals surface area contributed by atoms with E-state index in [0.29, 0.717) is 0 Å². The Kier molecular flexibility index (Phi) is 3.88. The van der Waals surface area contributed by atoms with E-state index in [1.807, 2.05) is 0 Å². The number of nitrogens with zero attached hydrogens (tertiary/aromatic N) is 1. The largest absolute Gasteiger partial charge is 0.510 e. The standard InChI is InChI=1S/C11H16N2O4/c1-6(14)12-10-8(15)4-7(5-9(10)16)11(17)13(2)3/h7,15H,4-5H2,1-3H3,(H,12,14). The van der Waals surface area contributed by atoms with Gasteiger partial charge in [0.05, 0.1) is 5.92 Å². The number of hydrogen-bond acceptors (Lipinski definition) is 4. The third-order valence-electron chi connectivity index (χ3n) is 2.53. The molecule has 0 aliphatic heterocycles. The summed E-state index contributed by atoms with van der Waals surface area (Å²) in [6.45, 7) is 1.25. The summed E-state index contributed by atoms with van der Waals surface area (Å²) in [5.74, 6) is -1.81. The lowest BCUT2D eigenvalue weighted by Crippen LogP contribution is -2.37. The monoisotopic (exact) mass is 240 g/mol. The Balaban J connectivity index is 2.87. The summed E-state index contributed by atoms with van der Waals surface area (Å²) in [5.41, 5.74) is -0.0830. The van der Waals surface area contributed by atoms with E-state index in [0.717, 1.165) is 0 Å². The van der Waals surface area contributed by atoms with Gasteiger partial charge in [-0.1, -0.05) is 0 Å². The van der Waals surface area contributed by atoms with Crippen molar-refractivity contribution in [3.8, 4) is 0 Å². The van der Waals surface area contributed by atoms with Crippen molar-refractivity contribution in [2.75, 3.05) is 14.1 Å². The fourth-order valence-electron chi connectivity index (χ4n) is 1.75. The van der Waals surface area contributed by atoms with Crippen molar-refractivity contribution in [2.45, 2.75) is 19.8 Å². The number of aliphatic hydroxyl groups is 1. The average molecular weight is 240 g/mol. The number of allylic oxidation sites excluding steroid dienone is 2. The van der Waals surface area contributed by atoms with Crippen molar-refractivity contribution in [1.29, 1.82) is 0 Å². The SMILES string of the molecule is CC(=O)NC1=C(O)CC(C(=O)N(C)C)CC1=O. The molecule has 0 saturated carbocycles. The van der Waals surface area contributed by atoms with Crippen molar-refractivity contribution in [2.24, 2.45) is 5.92 Å². The third-order valence-corrected chi connectivity index (χ3v) is 2.53. The van der Waals surface area contributed by atoms with Crippen LogP contribution < -0.4 is 5.32 Å². The van der Waals surface area contributed by atoms with E-state index >= 15 is 0 Å². The van der Waals surface area contributed by atoms with Gasteiger partial charge in [-0.05, 0) is 0 Å². The molecule has 6 nitrogen and oxygen atoms in total. The smallest absolute Gasteiger partial charge is 0.226 e. The van der Waals surface area contributed by atoms with Crippen LogP contribution in [-0.2, 0) is 14.4 Å². The molecule has 0 bridgehead atoms. The van der Waals surface area contributed by atoms with Crippen molar-refractivity contribution >= 4 is 17.6 Å². The zero-order valence-corrected chi connectivity index (χ0v) is 10.1. The zero-order chi connectivity index (χ0) is 13.2. The summed E-state index contributed by atoms with van der Waals surface area (Å²) >= 11 is 0. The second kappa shape index (κ2) is 4.99. The van der Waals surface area contributed by atoms with Crippen molar-refractivity contribution < 1.29 is 19.5 Å². The van der Waals surface area contributed by atoms with E-state index in [2.05, 4.69) is 5.32 Å². The number of nitrogens with one attached hydrogen (secondary N) is 1. The van der Waals surface area contributed by atoms with Crippen LogP contribution in [0.3, 0.4) is 0 Å². The van der Waals surface area contributed by atoms with E-state index in [1.165, 1.54) is 11.8 Å². The molecule has 0 heterocycles. The number of hydrogen-bond donors (Lipinski definition) is 2. The molecule has 0 aromatic heterocycles. The molecular formula is C11H16N2O4. The first-order chi connectivity index (χ1) is 7.82. The molecule has 0 saturated heterocycles. The number of Topliss-reactive ketones (excluding diaryl/α,β-unsaturated/α-hetero) is 1. The number of aliphatic hydroxyl groups excluding tert-OH is 1. The predicted octanol–water partition coefficient (Wildman–Crippen LogP) is -0.0406. The highest BCUT2D eigenvalue weighted by atomic mass is 16.3. The van der Waals surface area contributed by atoms with Gasteiger partial charge in [0.15, 0.2) is 5.78 Å². The van der Waals surface area contributed by atoms with Gasteiger partial charge in [0, 0.05) is 33.9 Å². The molecule has 0 radical (unpaired) electrons. The lowest BCUT2D eigenvalue weighted by Gasteiger charge is -2.24. The highest BCUT2D eigenvalue weighted by molar-refractivity contribution is 6.02. The topological polar surface area (TPSA) is 86.7 Å². The van der Waals surface area contributed by atoms with Crippen LogP contribution in [0.4, 0.5) is 0 Å². The van der Waals surface area contributed by atoms with Gasteiger partial charge in [0.1, 0.15) is 11.5 Å². The molecule has 0 aromatic rings. The summed E-state index contributed by atoms with van der Waals surface area (Å²) in [4.78, 5) is 35.6. The van der Waals surface area contributed by atoms with E-state index < -0.39 is 17.6 Å². The maximum atomic E-state index is 11.7. The van der Waals surface area contributed by atoms with Gasteiger partial charge in [-0.3, -0.25) is 14.4 Å². The maximum absolute atomic E-state index is 11.7. The quantitative estimate of drug-likeness (QED) is 0.709. The molecular weight excluding hydrogens is 224 g/mol. The summed E-state index contributed by atoms with van der Waals surface area (Å²) in [6.07, 6.45) is 0.0923. The summed E-state index contributed by atoms with van der Waals surface area (Å²) in [6, 6.07) is 0. The van der Waals surface area contributed by atoms with E-state index in [4.69, 9.17) is 0 Å². The van der Waals surface area contributed by atoms with Gasteiger partial charge in [-0.2, -0.15) is 0 Å². The summed E-state index contributed by atoms with van der Waals surface area (Å²) in [7, 11) is 3.19. The Bertz CT molecular complexity index is 398. The lowest BCUT2D eigenvalue weighted by molar-refractivity contribution is -0.136. The van der Waals surface area contributed by atoms with Crippen LogP contribution in [0.5, 0.6) is 0 Å². The molecule has 6 heteroatoms. The molecule has 1 atom stereocenters. The molecule has 2 N–H and O–H groups in total. The second-order valence-electron chi connectivity index (χ2n) is 4.26. The first kappa shape index (κ1) is 13.2. The van der Waals surface area contributed by atoms with E-state index in [9.17, 15) is 19.5 Å². The molecule has 1 aliphatic rings. The highest BCUT2D eigenvalue weighted by Crippen LogP contribution is 2.25. The minimum Gasteiger partial charge on any atom is -0.510 e. The number of carbonyl (C=O) groups is 3. The predicted molar refractivity (Wildman–Crippen MR) is 59.9 cm³/mol. The Morgan fingerprint density at radius 1 is 1.35 bits per heavy atom. The first-order valence-electron chi connectivity index (χ1n) is 5.27. The molecule has 0 spiro atoms. The number of carbonyl (C=O) groups excluding carboxylic acids is 3. The number of rotatable bonds is 2. The Labute approximate surface area is 99.3 Å². The third kappa shape index (κ3) is 3.05. The highest BCUT2D eigenvalue weighted by Gasteiger charge is 2.33. The molecule has 94 valence electrons. The van der Waals surface area contributed by atoms with Gasteiger partial charge in [-0.25, -0.2) is 0 Å². The summed E-state index contributed by atoms with van der Waals surface area (Å²) in [5, 5.41) is 11.9. The maximum Gasteiger partial charge on any atom is 0.226 e. The van der Waals surface area contributed by atoms with Gasteiger partial charge in [0.2, 0.25) is 11.8 Å². The van der Waals surface area contributed by atoms with Gasteiger partial charge in [0.25, 0.3) is 0 Å². The van der Waals surface area contributed by atoms with Gasteiger partial charge >= 0.3 is 0 Å². The normalized spacial score (nSPS) is 20.2. The van der Waals surface area contributed by atoms with Gasteiger partial charge in [-0.15, -0.1) is 0 Å². The molecule has 0 aromatic carbocycles. The molecule has 0 fully saturated rings.